The van der Waals surface area contributed by atoms with E-state index in [1.54, 1.807) is 30.3 Å². The summed E-state index contributed by atoms with van der Waals surface area (Å²) >= 11 is 6.20. The lowest BCUT2D eigenvalue weighted by molar-refractivity contribution is 0.0602. The third-order valence-corrected chi connectivity index (χ3v) is 4.51. The van der Waals surface area contributed by atoms with Gasteiger partial charge in [0.05, 0.1) is 23.9 Å². The van der Waals surface area contributed by atoms with Crippen LogP contribution in [0.4, 0.5) is 11.5 Å². The summed E-state index contributed by atoms with van der Waals surface area (Å²) in [4.78, 5) is 21.5. The molecule has 28 heavy (non-hydrogen) atoms. The van der Waals surface area contributed by atoms with Crippen molar-refractivity contribution in [2.24, 2.45) is 0 Å². The quantitative estimate of drug-likeness (QED) is 0.468. The molecule has 0 saturated carbocycles. The fraction of sp³-hybridized carbons (Fsp3) is 0.0455. The number of nitrogens with one attached hydrogen (secondary N) is 1. The molecule has 4 rings (SSSR count). The smallest absolute Gasteiger partial charge is 0.339 e. The molecule has 0 bridgehead atoms. The van der Waals surface area contributed by atoms with E-state index < -0.39 is 5.97 Å². The summed E-state index contributed by atoms with van der Waals surface area (Å²) in [5, 5.41) is 4.59. The number of benzene rings is 3. The second kappa shape index (κ2) is 7.66. The fourth-order valence-corrected chi connectivity index (χ4v) is 3.09. The van der Waals surface area contributed by atoms with Crippen molar-refractivity contribution < 1.29 is 9.53 Å². The molecule has 0 radical (unpaired) electrons. The Morgan fingerprint density at radius 1 is 0.964 bits per heavy atom. The summed E-state index contributed by atoms with van der Waals surface area (Å²) in [6.07, 6.45) is 0. The van der Waals surface area contributed by atoms with Gasteiger partial charge in [0.1, 0.15) is 5.82 Å². The number of hydrogen-bond acceptors (Lipinski definition) is 5. The van der Waals surface area contributed by atoms with E-state index in [4.69, 9.17) is 21.3 Å². The first kappa shape index (κ1) is 17.9. The molecule has 5 nitrogen and oxygen atoms in total. The monoisotopic (exact) mass is 389 g/mol. The lowest BCUT2D eigenvalue weighted by atomic mass is 10.1. The van der Waals surface area contributed by atoms with E-state index in [1.165, 1.54) is 7.11 Å². The summed E-state index contributed by atoms with van der Waals surface area (Å²) in [5.74, 6) is 0.707. The molecule has 0 fully saturated rings. The number of anilines is 2. The molecule has 0 spiro atoms. The highest BCUT2D eigenvalue weighted by atomic mass is 35.5. The molecule has 1 heterocycles. The molecule has 0 atom stereocenters. The zero-order valence-corrected chi connectivity index (χ0v) is 15.8. The van der Waals surface area contributed by atoms with Gasteiger partial charge in [-0.25, -0.2) is 14.8 Å². The van der Waals surface area contributed by atoms with Crippen LogP contribution >= 0.6 is 11.6 Å². The Kier molecular flexibility index (Phi) is 4.91. The Bertz CT molecular complexity index is 1160. The topological polar surface area (TPSA) is 64.1 Å². The maximum atomic E-state index is 12.1. The summed E-state index contributed by atoms with van der Waals surface area (Å²) in [7, 11) is 1.35. The SMILES string of the molecule is COC(=O)c1ccccc1Nc1nc(-c2ccccc2)nc2ccc(Cl)cc12. The van der Waals surface area contributed by atoms with Gasteiger partial charge < -0.3 is 10.1 Å². The van der Waals surface area contributed by atoms with Gasteiger partial charge in [0.2, 0.25) is 0 Å². The number of ether oxygens (including phenoxy) is 1. The highest BCUT2D eigenvalue weighted by Gasteiger charge is 2.15. The van der Waals surface area contributed by atoms with Gasteiger partial charge in [0, 0.05) is 16.0 Å². The molecule has 0 saturated heterocycles. The van der Waals surface area contributed by atoms with E-state index in [0.29, 0.717) is 27.9 Å². The van der Waals surface area contributed by atoms with Gasteiger partial charge in [0.25, 0.3) is 0 Å². The molecule has 6 heteroatoms. The number of carbonyl (C=O) groups is 1. The van der Waals surface area contributed by atoms with E-state index in [0.717, 1.165) is 16.5 Å². The van der Waals surface area contributed by atoms with Gasteiger partial charge in [-0.05, 0) is 30.3 Å². The fourth-order valence-electron chi connectivity index (χ4n) is 2.92. The number of halogens is 1. The highest BCUT2D eigenvalue weighted by Crippen LogP contribution is 2.30. The molecule has 1 aromatic heterocycles. The zero-order valence-electron chi connectivity index (χ0n) is 15.0. The molecule has 1 N–H and O–H groups in total. The summed E-state index contributed by atoms with van der Waals surface area (Å²) < 4.78 is 4.88. The molecule has 0 unspecified atom stereocenters. The molecule has 0 aliphatic heterocycles. The average Bonchev–Trinajstić information content (AvgIpc) is 2.74. The van der Waals surface area contributed by atoms with E-state index in [2.05, 4.69) is 10.3 Å². The van der Waals surface area contributed by atoms with Gasteiger partial charge in [-0.3, -0.25) is 0 Å². The van der Waals surface area contributed by atoms with E-state index in [1.807, 2.05) is 42.5 Å². The van der Waals surface area contributed by atoms with Crippen LogP contribution in [0.25, 0.3) is 22.3 Å². The largest absolute Gasteiger partial charge is 0.465 e. The van der Waals surface area contributed by atoms with Gasteiger partial charge in [-0.15, -0.1) is 0 Å². The van der Waals surface area contributed by atoms with Crippen LogP contribution in [0.15, 0.2) is 72.8 Å². The zero-order chi connectivity index (χ0) is 19.5. The van der Waals surface area contributed by atoms with Crippen molar-refractivity contribution in [3.63, 3.8) is 0 Å². The van der Waals surface area contributed by atoms with Crippen LogP contribution in [0.5, 0.6) is 0 Å². The standard InChI is InChI=1S/C22H16ClN3O2/c1-28-22(27)16-9-5-6-10-18(16)25-21-17-13-15(23)11-12-19(17)24-20(26-21)14-7-3-2-4-8-14/h2-13H,1H3,(H,24,25,26). The van der Waals surface area contributed by atoms with Crippen molar-refractivity contribution in [3.8, 4) is 11.4 Å². The van der Waals surface area contributed by atoms with E-state index in [-0.39, 0.29) is 0 Å². The summed E-state index contributed by atoms with van der Waals surface area (Å²) in [6.45, 7) is 0. The molecule has 4 aromatic rings. The van der Waals surface area contributed by atoms with Crippen LogP contribution in [0.2, 0.25) is 5.02 Å². The number of para-hydroxylation sites is 1. The molecule has 0 amide bonds. The molecule has 0 aliphatic carbocycles. The van der Waals surface area contributed by atoms with Crippen LogP contribution in [0, 0.1) is 0 Å². The van der Waals surface area contributed by atoms with Gasteiger partial charge in [0.15, 0.2) is 5.82 Å². The third-order valence-electron chi connectivity index (χ3n) is 4.28. The molecule has 0 aliphatic rings. The summed E-state index contributed by atoms with van der Waals surface area (Å²) in [5.41, 5.74) is 2.65. The lowest BCUT2D eigenvalue weighted by Crippen LogP contribution is -2.07. The minimum absolute atomic E-state index is 0.417. The average molecular weight is 390 g/mol. The summed E-state index contributed by atoms with van der Waals surface area (Å²) in [6, 6.07) is 22.3. The van der Waals surface area contributed by atoms with Crippen LogP contribution < -0.4 is 5.32 Å². The molecular weight excluding hydrogens is 374 g/mol. The second-order valence-corrected chi connectivity index (χ2v) is 6.52. The van der Waals surface area contributed by atoms with Crippen molar-refractivity contribution in [1.82, 2.24) is 9.97 Å². The van der Waals surface area contributed by atoms with Crippen molar-refractivity contribution in [2.45, 2.75) is 0 Å². The highest BCUT2D eigenvalue weighted by molar-refractivity contribution is 6.31. The number of aromatic nitrogens is 2. The van der Waals surface area contributed by atoms with Crippen molar-refractivity contribution in [2.75, 3.05) is 12.4 Å². The number of nitrogens with zero attached hydrogens (tertiary/aromatic N) is 2. The first-order chi connectivity index (χ1) is 13.7. The third kappa shape index (κ3) is 3.52. The van der Waals surface area contributed by atoms with E-state index >= 15 is 0 Å². The van der Waals surface area contributed by atoms with Crippen LogP contribution in [0.3, 0.4) is 0 Å². The predicted molar refractivity (Wildman–Crippen MR) is 111 cm³/mol. The normalized spacial score (nSPS) is 10.6. The minimum atomic E-state index is -0.428. The lowest BCUT2D eigenvalue weighted by Gasteiger charge is -2.13. The number of methoxy groups -OCH3 is 1. The van der Waals surface area contributed by atoms with Gasteiger partial charge in [-0.2, -0.15) is 0 Å². The Balaban J connectivity index is 1.88. The molecular formula is C22H16ClN3O2. The Hall–Kier alpha value is -3.44. The molecule has 3 aromatic carbocycles. The Morgan fingerprint density at radius 2 is 1.71 bits per heavy atom. The maximum Gasteiger partial charge on any atom is 0.339 e. The van der Waals surface area contributed by atoms with Crippen LogP contribution in [-0.4, -0.2) is 23.0 Å². The van der Waals surface area contributed by atoms with E-state index in [9.17, 15) is 4.79 Å². The minimum Gasteiger partial charge on any atom is -0.465 e. The van der Waals surface area contributed by atoms with Crippen LogP contribution in [-0.2, 0) is 4.74 Å². The first-order valence-electron chi connectivity index (χ1n) is 8.63. The van der Waals surface area contributed by atoms with Crippen molar-refractivity contribution >= 4 is 40.0 Å². The number of carbonyl (C=O) groups excluding carboxylic acids is 1. The van der Waals surface area contributed by atoms with Crippen molar-refractivity contribution in [1.29, 1.82) is 0 Å². The van der Waals surface area contributed by atoms with Crippen LogP contribution in [0.1, 0.15) is 10.4 Å². The van der Waals surface area contributed by atoms with Gasteiger partial charge in [-0.1, -0.05) is 54.1 Å². The number of esters is 1. The first-order valence-corrected chi connectivity index (χ1v) is 9.00. The van der Waals surface area contributed by atoms with Crippen molar-refractivity contribution in [3.05, 3.63) is 83.4 Å². The Labute approximate surface area is 167 Å². The number of hydrogen-bond donors (Lipinski definition) is 1. The second-order valence-electron chi connectivity index (χ2n) is 6.09. The maximum absolute atomic E-state index is 12.1. The number of rotatable bonds is 4. The predicted octanol–water partition coefficient (Wildman–Crippen LogP) is 5.48. The number of fused-ring (bicyclic) bond motifs is 1. The Morgan fingerprint density at radius 3 is 2.50 bits per heavy atom. The molecule has 138 valence electrons. The van der Waals surface area contributed by atoms with Gasteiger partial charge >= 0.3 is 5.97 Å².